The van der Waals surface area contributed by atoms with E-state index < -0.39 is 0 Å². The molecule has 1 fully saturated rings. The van der Waals surface area contributed by atoms with Gasteiger partial charge in [0.2, 0.25) is 0 Å². The van der Waals surface area contributed by atoms with Crippen molar-refractivity contribution < 1.29 is 5.11 Å². The van der Waals surface area contributed by atoms with Gasteiger partial charge < -0.3 is 10.4 Å². The van der Waals surface area contributed by atoms with Crippen molar-refractivity contribution in [2.45, 2.75) is 25.0 Å². The molecule has 14 heavy (non-hydrogen) atoms. The lowest BCUT2D eigenvalue weighted by Gasteiger charge is -2.32. The Hall–Kier alpha value is -0.570. The lowest BCUT2D eigenvalue weighted by Crippen LogP contribution is -2.51. The number of halogens is 1. The minimum Gasteiger partial charge on any atom is -0.391 e. The number of hydrogen-bond acceptors (Lipinski definition) is 2. The Morgan fingerprint density at radius 3 is 2.93 bits per heavy atom. The fourth-order valence-electron chi connectivity index (χ4n) is 1.69. The molecule has 76 valence electrons. The summed E-state index contributed by atoms with van der Waals surface area (Å²) in [5.74, 6) is 0. The Kier molecular flexibility index (Phi) is 3.06. The van der Waals surface area contributed by atoms with Gasteiger partial charge in [-0.05, 0) is 37.1 Å². The highest BCUT2D eigenvalue weighted by Gasteiger charge is 2.24. The van der Waals surface area contributed by atoms with Gasteiger partial charge in [0.1, 0.15) is 0 Å². The standard InChI is InChI=1S/C11H14ClNO/c12-9-3-1-2-8(6-9)7-11(14)10-4-5-13-10/h1-3,6,10-11,13-14H,4-5,7H2. The fraction of sp³-hybridized carbons (Fsp3) is 0.455. The van der Waals surface area contributed by atoms with Crippen molar-refractivity contribution in [1.82, 2.24) is 5.32 Å². The molecule has 2 unspecified atom stereocenters. The first-order chi connectivity index (χ1) is 6.75. The molecular weight excluding hydrogens is 198 g/mol. The molecule has 2 N–H and O–H groups in total. The third kappa shape index (κ3) is 2.27. The molecular formula is C11H14ClNO. The van der Waals surface area contributed by atoms with E-state index in [2.05, 4.69) is 5.32 Å². The molecule has 1 aromatic rings. The number of benzene rings is 1. The van der Waals surface area contributed by atoms with Gasteiger partial charge in [-0.25, -0.2) is 0 Å². The Morgan fingerprint density at radius 1 is 1.57 bits per heavy atom. The number of nitrogens with one attached hydrogen (secondary N) is 1. The monoisotopic (exact) mass is 211 g/mol. The van der Waals surface area contributed by atoms with E-state index in [1.165, 1.54) is 0 Å². The van der Waals surface area contributed by atoms with E-state index in [-0.39, 0.29) is 12.1 Å². The van der Waals surface area contributed by atoms with E-state index in [0.717, 1.165) is 23.6 Å². The first-order valence-corrected chi connectivity index (χ1v) is 5.29. The molecule has 0 aliphatic carbocycles. The predicted molar refractivity (Wildman–Crippen MR) is 57.6 cm³/mol. The molecule has 1 aromatic carbocycles. The Bertz CT molecular complexity index is 312. The zero-order valence-corrected chi connectivity index (χ0v) is 8.67. The highest BCUT2D eigenvalue weighted by atomic mass is 35.5. The summed E-state index contributed by atoms with van der Waals surface area (Å²) in [5, 5.41) is 13.7. The topological polar surface area (TPSA) is 32.3 Å². The van der Waals surface area contributed by atoms with Crippen molar-refractivity contribution in [3.63, 3.8) is 0 Å². The lowest BCUT2D eigenvalue weighted by atomic mass is 9.95. The molecule has 0 spiro atoms. The zero-order chi connectivity index (χ0) is 9.97. The van der Waals surface area contributed by atoms with Crippen LogP contribution in [0.4, 0.5) is 0 Å². The summed E-state index contributed by atoms with van der Waals surface area (Å²) in [5.41, 5.74) is 1.10. The Balaban J connectivity index is 1.95. The SMILES string of the molecule is OC(Cc1cccc(Cl)c1)C1CCN1. The van der Waals surface area contributed by atoms with E-state index in [1.807, 2.05) is 24.3 Å². The van der Waals surface area contributed by atoms with Crippen LogP contribution in [0, 0.1) is 0 Å². The summed E-state index contributed by atoms with van der Waals surface area (Å²) in [6.07, 6.45) is 1.46. The second kappa shape index (κ2) is 4.30. The van der Waals surface area contributed by atoms with Crippen molar-refractivity contribution >= 4 is 11.6 Å². The van der Waals surface area contributed by atoms with Crippen molar-refractivity contribution in [3.05, 3.63) is 34.9 Å². The molecule has 1 aliphatic rings. The second-order valence-electron chi connectivity index (χ2n) is 3.75. The second-order valence-corrected chi connectivity index (χ2v) is 4.19. The number of hydrogen-bond donors (Lipinski definition) is 2. The van der Waals surface area contributed by atoms with Gasteiger partial charge in [0.25, 0.3) is 0 Å². The maximum absolute atomic E-state index is 9.81. The van der Waals surface area contributed by atoms with Crippen LogP contribution in [-0.2, 0) is 6.42 Å². The van der Waals surface area contributed by atoms with Gasteiger partial charge in [0, 0.05) is 11.1 Å². The average Bonchev–Trinajstić information content (AvgIpc) is 1.99. The number of aliphatic hydroxyl groups is 1. The Morgan fingerprint density at radius 2 is 2.36 bits per heavy atom. The third-order valence-corrected chi connectivity index (χ3v) is 2.90. The van der Waals surface area contributed by atoms with Gasteiger partial charge in [0.05, 0.1) is 6.10 Å². The fourth-order valence-corrected chi connectivity index (χ4v) is 1.90. The molecule has 0 radical (unpaired) electrons. The average molecular weight is 212 g/mol. The molecule has 0 bridgehead atoms. The van der Waals surface area contributed by atoms with E-state index in [9.17, 15) is 5.11 Å². The van der Waals surface area contributed by atoms with Crippen molar-refractivity contribution in [2.75, 3.05) is 6.54 Å². The highest BCUT2D eigenvalue weighted by Crippen LogP contribution is 2.16. The third-order valence-electron chi connectivity index (χ3n) is 2.66. The Labute approximate surface area is 88.9 Å². The minimum absolute atomic E-state index is 0.272. The molecule has 2 atom stereocenters. The summed E-state index contributed by atoms with van der Waals surface area (Å²) in [4.78, 5) is 0. The lowest BCUT2D eigenvalue weighted by molar-refractivity contribution is 0.0956. The normalized spacial score (nSPS) is 22.9. The van der Waals surface area contributed by atoms with Crippen LogP contribution in [0.25, 0.3) is 0 Å². The van der Waals surface area contributed by atoms with Crippen molar-refractivity contribution in [3.8, 4) is 0 Å². The minimum atomic E-state index is -0.290. The van der Waals surface area contributed by atoms with Gasteiger partial charge >= 0.3 is 0 Å². The number of rotatable bonds is 3. The maximum Gasteiger partial charge on any atom is 0.0733 e. The van der Waals surface area contributed by atoms with Gasteiger partial charge in [-0.1, -0.05) is 23.7 Å². The van der Waals surface area contributed by atoms with Crippen LogP contribution in [0.3, 0.4) is 0 Å². The van der Waals surface area contributed by atoms with Crippen molar-refractivity contribution in [2.24, 2.45) is 0 Å². The van der Waals surface area contributed by atoms with E-state index in [0.29, 0.717) is 6.42 Å². The molecule has 3 heteroatoms. The molecule has 0 saturated carbocycles. The number of aliphatic hydroxyl groups excluding tert-OH is 1. The van der Waals surface area contributed by atoms with Gasteiger partial charge in [-0.15, -0.1) is 0 Å². The largest absolute Gasteiger partial charge is 0.391 e. The molecule has 2 rings (SSSR count). The van der Waals surface area contributed by atoms with Gasteiger partial charge in [0.15, 0.2) is 0 Å². The summed E-state index contributed by atoms with van der Waals surface area (Å²) in [7, 11) is 0. The maximum atomic E-state index is 9.81. The molecule has 1 aliphatic heterocycles. The van der Waals surface area contributed by atoms with Crippen LogP contribution in [-0.4, -0.2) is 23.8 Å². The van der Waals surface area contributed by atoms with Crippen LogP contribution in [0.2, 0.25) is 5.02 Å². The summed E-state index contributed by atoms with van der Waals surface area (Å²) in [6, 6.07) is 7.93. The molecule has 0 amide bonds. The molecule has 2 nitrogen and oxygen atoms in total. The van der Waals surface area contributed by atoms with Crippen LogP contribution in [0.5, 0.6) is 0 Å². The van der Waals surface area contributed by atoms with E-state index in [1.54, 1.807) is 0 Å². The van der Waals surface area contributed by atoms with Crippen LogP contribution < -0.4 is 5.32 Å². The smallest absolute Gasteiger partial charge is 0.0733 e. The zero-order valence-electron chi connectivity index (χ0n) is 7.91. The van der Waals surface area contributed by atoms with Gasteiger partial charge in [-0.2, -0.15) is 0 Å². The van der Waals surface area contributed by atoms with Crippen LogP contribution in [0.15, 0.2) is 24.3 Å². The summed E-state index contributed by atoms with van der Waals surface area (Å²) in [6.45, 7) is 1.03. The summed E-state index contributed by atoms with van der Waals surface area (Å²) < 4.78 is 0. The quantitative estimate of drug-likeness (QED) is 0.796. The first-order valence-electron chi connectivity index (χ1n) is 4.91. The van der Waals surface area contributed by atoms with Gasteiger partial charge in [-0.3, -0.25) is 0 Å². The molecule has 1 heterocycles. The first kappa shape index (κ1) is 9.97. The molecule has 1 saturated heterocycles. The van der Waals surface area contributed by atoms with Crippen LogP contribution >= 0.6 is 11.6 Å². The van der Waals surface area contributed by atoms with Crippen molar-refractivity contribution in [1.29, 1.82) is 0 Å². The highest BCUT2D eigenvalue weighted by molar-refractivity contribution is 6.30. The predicted octanol–water partition coefficient (Wildman–Crippen LogP) is 1.61. The summed E-state index contributed by atoms with van der Waals surface area (Å²) >= 11 is 5.86. The van der Waals surface area contributed by atoms with E-state index >= 15 is 0 Å². The van der Waals surface area contributed by atoms with Crippen LogP contribution in [0.1, 0.15) is 12.0 Å². The molecule has 0 aromatic heterocycles. The van der Waals surface area contributed by atoms with E-state index in [4.69, 9.17) is 11.6 Å².